The minimum atomic E-state index is -0.0100. The molecule has 0 unspecified atom stereocenters. The van der Waals surface area contributed by atoms with Gasteiger partial charge in [0.05, 0.1) is 17.2 Å². The van der Waals surface area contributed by atoms with E-state index in [2.05, 4.69) is 26.5 Å². The van der Waals surface area contributed by atoms with Crippen LogP contribution in [-0.2, 0) is 11.3 Å². The van der Waals surface area contributed by atoms with Gasteiger partial charge in [-0.15, -0.1) is 31.7 Å². The zero-order valence-corrected chi connectivity index (χ0v) is 19.8. The monoisotopic (exact) mass is 468 g/mol. The van der Waals surface area contributed by atoms with Crippen LogP contribution >= 0.6 is 23.1 Å². The lowest BCUT2D eigenvalue weighted by molar-refractivity contribution is -0.129. The normalized spacial score (nSPS) is 11.1. The Kier molecular flexibility index (Phi) is 7.01. The molecule has 0 atom stereocenters. The summed E-state index contributed by atoms with van der Waals surface area (Å²) in [5.74, 6) is 1.93. The van der Waals surface area contributed by atoms with Crippen molar-refractivity contribution < 1.29 is 9.21 Å². The Labute approximate surface area is 194 Å². The van der Waals surface area contributed by atoms with Crippen molar-refractivity contribution in [2.75, 3.05) is 12.3 Å². The summed E-state index contributed by atoms with van der Waals surface area (Å²) in [4.78, 5) is 15.7. The van der Waals surface area contributed by atoms with Crippen LogP contribution in [0.15, 0.2) is 51.4 Å². The summed E-state index contributed by atoms with van der Waals surface area (Å²) in [5.41, 5.74) is 2.14. The van der Waals surface area contributed by atoms with E-state index in [0.29, 0.717) is 23.5 Å². The number of aryl methyl sites for hydroxylation is 2. The number of thiophene rings is 1. The molecule has 0 bridgehead atoms. The van der Waals surface area contributed by atoms with E-state index in [1.807, 2.05) is 61.1 Å². The van der Waals surface area contributed by atoms with E-state index in [1.165, 1.54) is 23.1 Å². The van der Waals surface area contributed by atoms with Crippen molar-refractivity contribution in [1.29, 1.82) is 0 Å². The van der Waals surface area contributed by atoms with Crippen LogP contribution in [0.1, 0.15) is 30.6 Å². The van der Waals surface area contributed by atoms with Gasteiger partial charge in [-0.1, -0.05) is 36.9 Å². The molecule has 0 N–H and O–H groups in total. The average molecular weight is 469 g/mol. The smallest absolute Gasteiger partial charge is 0.257 e. The summed E-state index contributed by atoms with van der Waals surface area (Å²) in [7, 11) is 0. The van der Waals surface area contributed by atoms with E-state index in [9.17, 15) is 4.79 Å². The first-order valence-electron chi connectivity index (χ1n) is 10.3. The first-order valence-corrected chi connectivity index (χ1v) is 12.2. The predicted molar refractivity (Wildman–Crippen MR) is 125 cm³/mol. The molecule has 0 aliphatic rings. The van der Waals surface area contributed by atoms with Crippen molar-refractivity contribution >= 4 is 29.0 Å². The number of carbonyl (C=O) groups excluding carboxylic acids is 1. The fourth-order valence-electron chi connectivity index (χ4n) is 3.26. The molecule has 1 amide bonds. The zero-order valence-electron chi connectivity index (χ0n) is 18.2. The lowest BCUT2D eigenvalue weighted by Crippen LogP contribution is -2.32. The zero-order chi connectivity index (χ0) is 22.5. The highest BCUT2D eigenvalue weighted by Gasteiger charge is 2.20. The van der Waals surface area contributed by atoms with Crippen LogP contribution in [0, 0.1) is 13.8 Å². The van der Waals surface area contributed by atoms with Crippen molar-refractivity contribution in [1.82, 2.24) is 29.9 Å². The number of rotatable bonds is 9. The lowest BCUT2D eigenvalue weighted by Gasteiger charge is -2.20. The first-order chi connectivity index (χ1) is 15.5. The molecule has 166 valence electrons. The topological polar surface area (TPSA) is 89.9 Å². The maximum Gasteiger partial charge on any atom is 0.257 e. The van der Waals surface area contributed by atoms with Crippen LogP contribution < -0.4 is 0 Å². The van der Waals surface area contributed by atoms with E-state index >= 15 is 0 Å². The highest BCUT2D eigenvalue weighted by Crippen LogP contribution is 2.25. The third-order valence-corrected chi connectivity index (χ3v) is 6.52. The maximum atomic E-state index is 13.0. The van der Waals surface area contributed by atoms with Gasteiger partial charge >= 0.3 is 0 Å². The van der Waals surface area contributed by atoms with Gasteiger partial charge < -0.3 is 9.32 Å². The average Bonchev–Trinajstić information content (AvgIpc) is 3.53. The van der Waals surface area contributed by atoms with Crippen LogP contribution in [0.2, 0.25) is 0 Å². The Morgan fingerprint density at radius 2 is 2.03 bits per heavy atom. The maximum absolute atomic E-state index is 13.0. The Morgan fingerprint density at radius 1 is 1.16 bits per heavy atom. The number of carbonyl (C=O) groups is 1. The van der Waals surface area contributed by atoms with E-state index in [1.54, 1.807) is 4.90 Å². The quantitative estimate of drug-likeness (QED) is 0.333. The van der Waals surface area contributed by atoms with Gasteiger partial charge in [0.1, 0.15) is 5.82 Å². The Balaban J connectivity index is 1.44. The molecule has 8 nitrogen and oxygen atoms in total. The van der Waals surface area contributed by atoms with Crippen LogP contribution in [-0.4, -0.2) is 48.1 Å². The summed E-state index contributed by atoms with van der Waals surface area (Å²) >= 11 is 2.92. The third-order valence-electron chi connectivity index (χ3n) is 4.75. The summed E-state index contributed by atoms with van der Waals surface area (Å²) in [6.45, 7) is 6.89. The third kappa shape index (κ3) is 5.08. The van der Waals surface area contributed by atoms with E-state index in [0.717, 1.165) is 28.4 Å². The summed E-state index contributed by atoms with van der Waals surface area (Å²) in [6.07, 6.45) is 0.834. The molecule has 3 aromatic heterocycles. The number of nitrogens with zero attached hydrogens (tertiary/aromatic N) is 6. The Hall–Kier alpha value is -2.98. The minimum absolute atomic E-state index is 0.0100. The van der Waals surface area contributed by atoms with E-state index in [-0.39, 0.29) is 18.2 Å². The molecule has 0 fully saturated rings. The predicted octanol–water partition coefficient (Wildman–Crippen LogP) is 4.53. The van der Waals surface area contributed by atoms with Crippen LogP contribution in [0.3, 0.4) is 0 Å². The van der Waals surface area contributed by atoms with Gasteiger partial charge in [0.15, 0.2) is 5.16 Å². The van der Waals surface area contributed by atoms with Gasteiger partial charge in [-0.25, -0.2) is 0 Å². The molecule has 4 rings (SSSR count). The second-order valence-corrected chi connectivity index (χ2v) is 9.18. The van der Waals surface area contributed by atoms with Crippen LogP contribution in [0.5, 0.6) is 0 Å². The molecule has 1 aromatic carbocycles. The fourth-order valence-corrected chi connectivity index (χ4v) is 4.81. The summed E-state index contributed by atoms with van der Waals surface area (Å²) in [5, 5.41) is 19.4. The highest BCUT2D eigenvalue weighted by atomic mass is 32.2. The van der Waals surface area contributed by atoms with Gasteiger partial charge in [-0.2, -0.15) is 0 Å². The second kappa shape index (κ2) is 10.1. The van der Waals surface area contributed by atoms with Crippen molar-refractivity contribution in [2.24, 2.45) is 0 Å². The molecule has 0 radical (unpaired) electrons. The molecule has 0 aliphatic carbocycles. The van der Waals surface area contributed by atoms with Crippen molar-refractivity contribution in [3.8, 4) is 16.5 Å². The molecule has 3 heterocycles. The van der Waals surface area contributed by atoms with Gasteiger partial charge in [0.2, 0.25) is 11.8 Å². The fraction of sp³-hybridized carbons (Fsp3) is 0.318. The Bertz CT molecular complexity index is 1180. The number of thioether (sulfide) groups is 1. The Morgan fingerprint density at radius 3 is 2.78 bits per heavy atom. The lowest BCUT2D eigenvalue weighted by atomic mass is 10.2. The molecular weight excluding hydrogens is 444 g/mol. The van der Waals surface area contributed by atoms with Gasteiger partial charge in [-0.05, 0) is 49.4 Å². The van der Waals surface area contributed by atoms with Gasteiger partial charge in [-0.3, -0.25) is 9.36 Å². The number of amides is 1. The molecule has 4 aromatic rings. The largest absolute Gasteiger partial charge is 0.418 e. The number of hydrogen-bond acceptors (Lipinski definition) is 8. The molecular formula is C22H24N6O2S2. The molecule has 32 heavy (non-hydrogen) atoms. The summed E-state index contributed by atoms with van der Waals surface area (Å²) in [6, 6.07) is 12.0. The van der Waals surface area contributed by atoms with Crippen LogP contribution in [0.25, 0.3) is 16.5 Å². The molecule has 0 aliphatic heterocycles. The number of benzene rings is 1. The van der Waals surface area contributed by atoms with Crippen LogP contribution in [0.4, 0.5) is 0 Å². The van der Waals surface area contributed by atoms with Gasteiger partial charge in [0, 0.05) is 12.2 Å². The minimum Gasteiger partial charge on any atom is -0.418 e. The van der Waals surface area contributed by atoms with Crippen molar-refractivity contribution in [3.05, 3.63) is 59.1 Å². The standard InChI is InChI=1S/C22H24N6O2S2/c1-4-10-27(13-19-24-25-21(30-19)18-9-6-11-31-18)20(29)14-32-22-26-23-16(3)28(22)17-8-5-7-15(2)12-17/h5-9,11-12H,4,10,13-14H2,1-3H3. The first kappa shape index (κ1) is 22.2. The van der Waals surface area contributed by atoms with Crippen molar-refractivity contribution in [3.63, 3.8) is 0 Å². The molecule has 0 spiro atoms. The SMILES string of the molecule is CCCN(Cc1nnc(-c2cccs2)o1)C(=O)CSc1nnc(C)n1-c1cccc(C)c1. The van der Waals surface area contributed by atoms with E-state index < -0.39 is 0 Å². The van der Waals surface area contributed by atoms with Crippen molar-refractivity contribution in [2.45, 2.75) is 38.9 Å². The van der Waals surface area contributed by atoms with Gasteiger partial charge in [0.25, 0.3) is 5.89 Å². The molecule has 0 saturated carbocycles. The number of aromatic nitrogens is 5. The summed E-state index contributed by atoms with van der Waals surface area (Å²) < 4.78 is 7.74. The molecule has 10 heteroatoms. The molecule has 0 saturated heterocycles. The second-order valence-electron chi connectivity index (χ2n) is 7.29. The highest BCUT2D eigenvalue weighted by molar-refractivity contribution is 7.99. The van der Waals surface area contributed by atoms with E-state index in [4.69, 9.17) is 4.42 Å². The number of hydrogen-bond donors (Lipinski definition) is 0.